The highest BCUT2D eigenvalue weighted by Gasteiger charge is 2.31. The summed E-state index contributed by atoms with van der Waals surface area (Å²) in [5, 5.41) is 2.87. The Kier molecular flexibility index (Phi) is 9.91. The fourth-order valence-corrected chi connectivity index (χ4v) is 4.73. The summed E-state index contributed by atoms with van der Waals surface area (Å²) in [5.41, 5.74) is 2.27. The lowest BCUT2D eigenvalue weighted by atomic mass is 10.1. The smallest absolute Gasteiger partial charge is 0.244 e. The molecule has 0 unspecified atom stereocenters. The first-order valence-corrected chi connectivity index (χ1v) is 13.6. The van der Waals surface area contributed by atoms with Gasteiger partial charge in [0, 0.05) is 17.6 Å². The minimum atomic E-state index is -3.75. The second-order valence-corrected chi connectivity index (χ2v) is 10.7. The van der Waals surface area contributed by atoms with E-state index < -0.39 is 28.5 Å². The lowest BCUT2D eigenvalue weighted by Gasteiger charge is -2.33. The first-order chi connectivity index (χ1) is 15.6. The molecule has 9 heteroatoms. The van der Waals surface area contributed by atoms with Crippen LogP contribution in [0.5, 0.6) is 0 Å². The SMILES string of the molecule is CCCNC(=O)[C@@H](CC)N(Cc1ccccc1C)C(=O)CN(c1cccc(Br)c1)S(C)(=O)=O. The molecule has 0 heterocycles. The van der Waals surface area contributed by atoms with E-state index in [4.69, 9.17) is 0 Å². The molecule has 0 saturated carbocycles. The number of hydrogen-bond acceptors (Lipinski definition) is 4. The number of rotatable bonds is 11. The predicted molar refractivity (Wildman–Crippen MR) is 135 cm³/mol. The summed E-state index contributed by atoms with van der Waals surface area (Å²) in [6.07, 6.45) is 2.25. The van der Waals surface area contributed by atoms with Crippen LogP contribution in [0.1, 0.15) is 37.8 Å². The van der Waals surface area contributed by atoms with Gasteiger partial charge in [0.15, 0.2) is 0 Å². The van der Waals surface area contributed by atoms with Gasteiger partial charge in [-0.25, -0.2) is 8.42 Å². The van der Waals surface area contributed by atoms with Crippen LogP contribution in [-0.4, -0.2) is 50.5 Å². The Morgan fingerprint density at radius 3 is 2.36 bits per heavy atom. The van der Waals surface area contributed by atoms with Crippen molar-refractivity contribution in [3.8, 4) is 0 Å². The second kappa shape index (κ2) is 12.2. The number of halogens is 1. The molecule has 2 amide bonds. The molecule has 0 aliphatic rings. The van der Waals surface area contributed by atoms with E-state index in [1.165, 1.54) is 4.90 Å². The first-order valence-electron chi connectivity index (χ1n) is 10.9. The molecule has 0 aromatic heterocycles. The molecule has 2 aromatic rings. The van der Waals surface area contributed by atoms with Gasteiger partial charge in [0.25, 0.3) is 0 Å². The van der Waals surface area contributed by atoms with Crippen molar-refractivity contribution >= 4 is 43.5 Å². The Hall–Kier alpha value is -2.39. The zero-order valence-electron chi connectivity index (χ0n) is 19.5. The zero-order valence-corrected chi connectivity index (χ0v) is 21.9. The fraction of sp³-hybridized carbons (Fsp3) is 0.417. The number of nitrogens with zero attached hydrogens (tertiary/aromatic N) is 2. The van der Waals surface area contributed by atoms with Crippen LogP contribution in [0.4, 0.5) is 5.69 Å². The summed E-state index contributed by atoms with van der Waals surface area (Å²) in [5.74, 6) is -0.684. The Morgan fingerprint density at radius 1 is 1.09 bits per heavy atom. The second-order valence-electron chi connectivity index (χ2n) is 7.91. The maximum Gasteiger partial charge on any atom is 0.244 e. The van der Waals surface area contributed by atoms with Gasteiger partial charge in [0.2, 0.25) is 21.8 Å². The van der Waals surface area contributed by atoms with Crippen LogP contribution < -0.4 is 9.62 Å². The van der Waals surface area contributed by atoms with Gasteiger partial charge in [-0.3, -0.25) is 13.9 Å². The quantitative estimate of drug-likeness (QED) is 0.471. The Bertz CT molecular complexity index is 1070. The molecule has 2 rings (SSSR count). The number of benzene rings is 2. The number of anilines is 1. The maximum atomic E-state index is 13.6. The van der Waals surface area contributed by atoms with Gasteiger partial charge in [-0.1, -0.05) is 60.1 Å². The summed E-state index contributed by atoms with van der Waals surface area (Å²) in [7, 11) is -3.75. The summed E-state index contributed by atoms with van der Waals surface area (Å²) in [6, 6.07) is 13.7. The maximum absolute atomic E-state index is 13.6. The number of amides is 2. The van der Waals surface area contributed by atoms with Gasteiger partial charge < -0.3 is 10.2 Å². The van der Waals surface area contributed by atoms with Gasteiger partial charge in [-0.05, 0) is 49.1 Å². The van der Waals surface area contributed by atoms with Gasteiger partial charge in [-0.15, -0.1) is 0 Å². The monoisotopic (exact) mass is 537 g/mol. The van der Waals surface area contributed by atoms with Crippen LogP contribution in [0.25, 0.3) is 0 Å². The molecule has 0 fully saturated rings. The normalized spacial score (nSPS) is 12.2. The average molecular weight is 539 g/mol. The molecular weight excluding hydrogens is 506 g/mol. The molecule has 2 aromatic carbocycles. The van der Waals surface area contributed by atoms with Gasteiger partial charge in [0.1, 0.15) is 12.6 Å². The fourth-order valence-electron chi connectivity index (χ4n) is 3.50. The van der Waals surface area contributed by atoms with E-state index in [1.54, 1.807) is 24.3 Å². The molecule has 180 valence electrons. The predicted octanol–water partition coefficient (Wildman–Crippen LogP) is 3.86. The highest BCUT2D eigenvalue weighted by atomic mass is 79.9. The lowest BCUT2D eigenvalue weighted by Crippen LogP contribution is -2.52. The minimum Gasteiger partial charge on any atom is -0.354 e. The van der Waals surface area contributed by atoms with Crippen molar-refractivity contribution in [2.24, 2.45) is 0 Å². The van der Waals surface area contributed by atoms with Crippen molar-refractivity contribution in [1.29, 1.82) is 0 Å². The third-order valence-corrected chi connectivity index (χ3v) is 6.95. The van der Waals surface area contributed by atoms with E-state index in [0.717, 1.165) is 28.1 Å². The van der Waals surface area contributed by atoms with Crippen molar-refractivity contribution in [2.45, 2.75) is 46.2 Å². The third-order valence-electron chi connectivity index (χ3n) is 5.31. The van der Waals surface area contributed by atoms with Crippen molar-refractivity contribution in [2.75, 3.05) is 23.7 Å². The highest BCUT2D eigenvalue weighted by Crippen LogP contribution is 2.23. The van der Waals surface area contributed by atoms with Crippen molar-refractivity contribution in [3.63, 3.8) is 0 Å². The molecular formula is C24H32BrN3O4S. The minimum absolute atomic E-state index is 0.208. The number of carbonyl (C=O) groups is 2. The molecule has 0 saturated heterocycles. The van der Waals surface area contributed by atoms with E-state index in [1.807, 2.05) is 45.0 Å². The van der Waals surface area contributed by atoms with E-state index >= 15 is 0 Å². The Morgan fingerprint density at radius 2 is 1.79 bits per heavy atom. The van der Waals surface area contributed by atoms with Crippen LogP contribution in [-0.2, 0) is 26.2 Å². The number of aryl methyl sites for hydroxylation is 1. The Balaban J connectivity index is 2.44. The molecule has 1 N–H and O–H groups in total. The van der Waals surface area contributed by atoms with E-state index in [9.17, 15) is 18.0 Å². The molecule has 33 heavy (non-hydrogen) atoms. The topological polar surface area (TPSA) is 86.8 Å². The summed E-state index contributed by atoms with van der Waals surface area (Å²) in [6.45, 7) is 6.06. The van der Waals surface area contributed by atoms with Crippen LogP contribution in [0, 0.1) is 6.92 Å². The molecule has 7 nitrogen and oxygen atoms in total. The number of nitrogens with one attached hydrogen (secondary N) is 1. The standard InChI is InChI=1S/C24H32BrN3O4S/c1-5-14-26-24(30)22(6-2)27(16-19-11-8-7-10-18(19)3)23(29)17-28(33(4,31)32)21-13-9-12-20(25)15-21/h7-13,15,22H,5-6,14,16-17H2,1-4H3,(H,26,30)/t22-/m1/s1. The zero-order chi connectivity index (χ0) is 24.6. The third kappa shape index (κ3) is 7.57. The van der Waals surface area contributed by atoms with Crippen molar-refractivity contribution in [3.05, 3.63) is 64.1 Å². The van der Waals surface area contributed by atoms with Gasteiger partial charge >= 0.3 is 0 Å². The number of hydrogen-bond donors (Lipinski definition) is 1. The molecule has 0 radical (unpaired) electrons. The number of carbonyl (C=O) groups excluding carboxylic acids is 2. The largest absolute Gasteiger partial charge is 0.354 e. The Labute approximate surface area is 205 Å². The van der Waals surface area contributed by atoms with Crippen LogP contribution >= 0.6 is 15.9 Å². The highest BCUT2D eigenvalue weighted by molar-refractivity contribution is 9.10. The van der Waals surface area contributed by atoms with E-state index in [-0.39, 0.29) is 12.5 Å². The van der Waals surface area contributed by atoms with Crippen LogP contribution in [0.15, 0.2) is 53.0 Å². The molecule has 0 aliphatic heterocycles. The number of sulfonamides is 1. The summed E-state index contributed by atoms with van der Waals surface area (Å²) >= 11 is 3.35. The molecule has 0 spiro atoms. The lowest BCUT2D eigenvalue weighted by molar-refractivity contribution is -0.140. The molecule has 0 aliphatic carbocycles. The van der Waals surface area contributed by atoms with Crippen LogP contribution in [0.2, 0.25) is 0 Å². The molecule has 0 bridgehead atoms. The molecule has 1 atom stereocenters. The average Bonchev–Trinajstić information content (AvgIpc) is 2.76. The van der Waals surface area contributed by atoms with Crippen molar-refractivity contribution < 1.29 is 18.0 Å². The first kappa shape index (κ1) is 26.9. The van der Waals surface area contributed by atoms with E-state index in [0.29, 0.717) is 23.1 Å². The van der Waals surface area contributed by atoms with Crippen molar-refractivity contribution in [1.82, 2.24) is 10.2 Å². The summed E-state index contributed by atoms with van der Waals surface area (Å²) < 4.78 is 26.9. The summed E-state index contributed by atoms with van der Waals surface area (Å²) in [4.78, 5) is 28.0. The van der Waals surface area contributed by atoms with Gasteiger partial charge in [0.05, 0.1) is 11.9 Å². The van der Waals surface area contributed by atoms with E-state index in [2.05, 4.69) is 21.2 Å². The van der Waals surface area contributed by atoms with Crippen LogP contribution in [0.3, 0.4) is 0 Å². The van der Waals surface area contributed by atoms with Gasteiger partial charge in [-0.2, -0.15) is 0 Å².